The third-order valence-electron chi connectivity index (χ3n) is 2.84. The number of carbonyl (C=O) groups excluding carboxylic acids is 3. The largest absolute Gasteiger partial charge is 0.466 e. The quantitative estimate of drug-likeness (QED) is 0.404. The van der Waals surface area contributed by atoms with Crippen LogP contribution in [0.5, 0.6) is 0 Å². The molecule has 24 heavy (non-hydrogen) atoms. The fourth-order valence-corrected chi connectivity index (χ4v) is 2.51. The molecular weight excluding hydrogens is 340 g/mol. The highest BCUT2D eigenvalue weighted by atomic mass is 32.1. The summed E-state index contributed by atoms with van der Waals surface area (Å²) in [6.45, 7) is 3.61. The summed E-state index contributed by atoms with van der Waals surface area (Å²) in [7, 11) is 0. The van der Waals surface area contributed by atoms with Crippen LogP contribution in [0.3, 0.4) is 0 Å². The Morgan fingerprint density at radius 2 is 1.96 bits per heavy atom. The lowest BCUT2D eigenvalue weighted by Gasteiger charge is -2.16. The molecule has 1 rings (SSSR count). The molecule has 0 aliphatic carbocycles. The second kappa shape index (κ2) is 9.60. The molecule has 1 aromatic rings. The summed E-state index contributed by atoms with van der Waals surface area (Å²) < 4.78 is 9.64. The van der Waals surface area contributed by atoms with Crippen LogP contribution in [-0.4, -0.2) is 42.0 Å². The fraction of sp³-hybridized carbons (Fsp3) is 0.500. The zero-order valence-electron chi connectivity index (χ0n) is 13.3. The highest BCUT2D eigenvalue weighted by Gasteiger charge is 2.25. The van der Waals surface area contributed by atoms with Crippen LogP contribution in [0.15, 0.2) is 11.4 Å². The van der Waals surface area contributed by atoms with Crippen molar-refractivity contribution in [1.29, 1.82) is 0 Å². The molecule has 0 saturated carbocycles. The minimum absolute atomic E-state index is 0.0108. The molecule has 132 valence electrons. The van der Waals surface area contributed by atoms with E-state index in [-0.39, 0.29) is 36.6 Å². The second-order valence-electron chi connectivity index (χ2n) is 4.55. The van der Waals surface area contributed by atoms with Crippen LogP contribution >= 0.6 is 11.3 Å². The number of esters is 2. The van der Waals surface area contributed by atoms with Crippen molar-refractivity contribution in [3.05, 3.63) is 26.4 Å². The van der Waals surface area contributed by atoms with Crippen molar-refractivity contribution in [2.24, 2.45) is 0 Å². The van der Waals surface area contributed by atoms with Crippen LogP contribution in [0.25, 0.3) is 0 Å². The van der Waals surface area contributed by atoms with E-state index in [0.717, 1.165) is 17.4 Å². The third kappa shape index (κ3) is 5.95. The van der Waals surface area contributed by atoms with Gasteiger partial charge < -0.3 is 14.8 Å². The molecule has 1 N–H and O–H groups in total. The minimum atomic E-state index is -1.04. The average molecular weight is 358 g/mol. The van der Waals surface area contributed by atoms with Gasteiger partial charge in [0.2, 0.25) is 0 Å². The summed E-state index contributed by atoms with van der Waals surface area (Å²) in [4.78, 5) is 45.5. The van der Waals surface area contributed by atoms with E-state index in [0.29, 0.717) is 0 Å². The molecule has 0 aliphatic heterocycles. The minimum Gasteiger partial charge on any atom is -0.466 e. The Morgan fingerprint density at radius 1 is 1.29 bits per heavy atom. The Balaban J connectivity index is 2.74. The predicted molar refractivity (Wildman–Crippen MR) is 84.7 cm³/mol. The number of hydrogen-bond acceptors (Lipinski definition) is 8. The predicted octanol–water partition coefficient (Wildman–Crippen LogP) is 1.66. The lowest BCUT2D eigenvalue weighted by Crippen LogP contribution is -2.42. The molecule has 0 fully saturated rings. The summed E-state index contributed by atoms with van der Waals surface area (Å²) in [5, 5.41) is 14.3. The van der Waals surface area contributed by atoms with Crippen LogP contribution in [-0.2, 0) is 19.1 Å². The summed E-state index contributed by atoms with van der Waals surface area (Å²) in [5.41, 5.74) is -0.204. The van der Waals surface area contributed by atoms with Gasteiger partial charge in [0.15, 0.2) is 0 Å². The van der Waals surface area contributed by atoms with Gasteiger partial charge in [-0.15, -0.1) is 11.3 Å². The number of thiophene rings is 1. The fourth-order valence-electron chi connectivity index (χ4n) is 1.76. The van der Waals surface area contributed by atoms with E-state index in [1.54, 1.807) is 13.8 Å². The number of carbonyl (C=O) groups is 3. The highest BCUT2D eigenvalue weighted by Crippen LogP contribution is 2.21. The van der Waals surface area contributed by atoms with E-state index in [9.17, 15) is 24.5 Å². The first-order valence-electron chi connectivity index (χ1n) is 7.25. The zero-order valence-corrected chi connectivity index (χ0v) is 14.1. The first-order chi connectivity index (χ1) is 11.4. The Hall–Kier alpha value is -2.49. The van der Waals surface area contributed by atoms with Crippen molar-refractivity contribution in [3.63, 3.8) is 0 Å². The molecule has 0 bridgehead atoms. The van der Waals surface area contributed by atoms with Crippen LogP contribution in [0.2, 0.25) is 0 Å². The lowest BCUT2D eigenvalue weighted by atomic mass is 10.1. The first-order valence-corrected chi connectivity index (χ1v) is 8.13. The average Bonchev–Trinajstić information content (AvgIpc) is 3.02. The maximum absolute atomic E-state index is 12.1. The van der Waals surface area contributed by atoms with E-state index in [1.165, 1.54) is 5.38 Å². The Labute approximate surface area is 142 Å². The molecule has 0 spiro atoms. The molecule has 1 atom stereocenters. The van der Waals surface area contributed by atoms with Gasteiger partial charge in [0, 0.05) is 12.5 Å². The molecule has 0 radical (unpaired) electrons. The van der Waals surface area contributed by atoms with Gasteiger partial charge >= 0.3 is 11.9 Å². The van der Waals surface area contributed by atoms with Gasteiger partial charge in [-0.2, -0.15) is 0 Å². The van der Waals surface area contributed by atoms with E-state index < -0.39 is 28.8 Å². The molecular formula is C14H18N2O7S. The van der Waals surface area contributed by atoms with Crippen LogP contribution in [0.1, 0.15) is 36.4 Å². The molecule has 1 heterocycles. The number of hydrogen-bond donors (Lipinski definition) is 1. The summed E-state index contributed by atoms with van der Waals surface area (Å²) in [6, 6.07) is 0.0797. The van der Waals surface area contributed by atoms with Gasteiger partial charge in [-0.1, -0.05) is 0 Å². The van der Waals surface area contributed by atoms with Crippen LogP contribution in [0, 0.1) is 10.1 Å². The van der Waals surface area contributed by atoms with Gasteiger partial charge in [0.25, 0.3) is 11.6 Å². The molecule has 0 unspecified atom stereocenters. The third-order valence-corrected chi connectivity index (χ3v) is 3.76. The number of ether oxygens (including phenoxy) is 2. The number of rotatable bonds is 9. The first kappa shape index (κ1) is 19.6. The van der Waals surface area contributed by atoms with Crippen molar-refractivity contribution >= 4 is 34.9 Å². The second-order valence-corrected chi connectivity index (χ2v) is 5.46. The maximum Gasteiger partial charge on any atom is 0.328 e. The van der Waals surface area contributed by atoms with Gasteiger partial charge in [-0.25, -0.2) is 4.79 Å². The molecule has 0 aromatic carbocycles. The van der Waals surface area contributed by atoms with Crippen LogP contribution < -0.4 is 5.32 Å². The maximum atomic E-state index is 12.1. The normalized spacial score (nSPS) is 11.4. The van der Waals surface area contributed by atoms with E-state index in [4.69, 9.17) is 9.47 Å². The molecule has 1 aromatic heterocycles. The van der Waals surface area contributed by atoms with Gasteiger partial charge in [0.1, 0.15) is 6.04 Å². The van der Waals surface area contributed by atoms with Crippen molar-refractivity contribution in [3.8, 4) is 0 Å². The van der Waals surface area contributed by atoms with Crippen molar-refractivity contribution in [1.82, 2.24) is 5.32 Å². The topological polar surface area (TPSA) is 125 Å². The number of nitrogens with one attached hydrogen (secondary N) is 1. The number of amides is 1. The zero-order chi connectivity index (χ0) is 18.1. The Morgan fingerprint density at radius 3 is 2.50 bits per heavy atom. The van der Waals surface area contributed by atoms with Crippen molar-refractivity contribution in [2.75, 3.05) is 13.2 Å². The lowest BCUT2D eigenvalue weighted by molar-refractivity contribution is -0.384. The van der Waals surface area contributed by atoms with E-state index in [2.05, 4.69) is 5.32 Å². The summed E-state index contributed by atoms with van der Waals surface area (Å²) in [5.74, 6) is -1.82. The molecule has 1 amide bonds. The van der Waals surface area contributed by atoms with Crippen molar-refractivity contribution in [2.45, 2.75) is 32.7 Å². The van der Waals surface area contributed by atoms with E-state index >= 15 is 0 Å². The van der Waals surface area contributed by atoms with Gasteiger partial charge in [-0.05, 0) is 20.3 Å². The van der Waals surface area contributed by atoms with Crippen LogP contribution in [0.4, 0.5) is 5.69 Å². The smallest absolute Gasteiger partial charge is 0.328 e. The molecule has 10 heteroatoms. The number of nitro groups is 1. The number of nitrogens with zero attached hydrogens (tertiary/aromatic N) is 1. The Kier molecular flexibility index (Phi) is 7.83. The standard InChI is InChI=1S/C14H18N2O7S/c1-3-22-12(17)6-5-10(14(19)23-4-2)15-13(18)11-7-9(8-24-11)16(20)21/h7-8,10H,3-6H2,1-2H3,(H,15,18)/t10-/m1/s1. The Bertz CT molecular complexity index is 614. The SMILES string of the molecule is CCOC(=O)CC[C@@H](NC(=O)c1cc([N+](=O)[O-])cs1)C(=O)OCC. The molecule has 0 saturated heterocycles. The van der Waals surface area contributed by atoms with Gasteiger partial charge in [-0.3, -0.25) is 19.7 Å². The molecule has 9 nitrogen and oxygen atoms in total. The van der Waals surface area contributed by atoms with E-state index in [1.807, 2.05) is 0 Å². The summed E-state index contributed by atoms with van der Waals surface area (Å²) >= 11 is 0.888. The highest BCUT2D eigenvalue weighted by molar-refractivity contribution is 7.12. The monoisotopic (exact) mass is 358 g/mol. The van der Waals surface area contributed by atoms with Crippen molar-refractivity contribution < 1.29 is 28.8 Å². The molecule has 0 aliphatic rings. The summed E-state index contributed by atoms with van der Waals surface area (Å²) in [6.07, 6.45) is -0.0565. The van der Waals surface area contributed by atoms with Gasteiger partial charge in [0.05, 0.1) is 28.4 Å².